The summed E-state index contributed by atoms with van der Waals surface area (Å²) in [5, 5.41) is 14.4. The number of anilines is 1. The topological polar surface area (TPSA) is 97.1 Å². The van der Waals surface area contributed by atoms with E-state index in [9.17, 15) is 9.59 Å². The zero-order chi connectivity index (χ0) is 18.2. The first kappa shape index (κ1) is 17.8. The van der Waals surface area contributed by atoms with Crippen LogP contribution in [0.5, 0.6) is 0 Å². The molecule has 3 rings (SSSR count). The molecule has 0 atom stereocenters. The second-order valence-corrected chi connectivity index (χ2v) is 6.56. The highest BCUT2D eigenvalue weighted by Gasteiger charge is 2.14. The third-order valence-corrected chi connectivity index (χ3v) is 4.51. The Kier molecular flexibility index (Phi) is 6.10. The van der Waals surface area contributed by atoms with Crippen molar-refractivity contribution >= 4 is 28.8 Å². The van der Waals surface area contributed by atoms with Crippen LogP contribution in [0.3, 0.4) is 0 Å². The van der Waals surface area contributed by atoms with Crippen LogP contribution < -0.4 is 10.6 Å². The molecule has 2 amide bonds. The minimum absolute atomic E-state index is 0.0676. The summed E-state index contributed by atoms with van der Waals surface area (Å²) in [5.41, 5.74) is 0.699. The number of rotatable bonds is 8. The molecule has 0 spiro atoms. The van der Waals surface area contributed by atoms with Crippen LogP contribution >= 0.6 is 11.3 Å². The van der Waals surface area contributed by atoms with E-state index < -0.39 is 0 Å². The van der Waals surface area contributed by atoms with E-state index in [0.29, 0.717) is 36.5 Å². The number of para-hydroxylation sites is 1. The molecule has 26 heavy (non-hydrogen) atoms. The lowest BCUT2D eigenvalue weighted by molar-refractivity contribution is -0.121. The number of carbonyl (C=O) groups excluding carboxylic acids is 2. The van der Waals surface area contributed by atoms with Gasteiger partial charge in [-0.1, -0.05) is 29.5 Å². The fourth-order valence-electron chi connectivity index (χ4n) is 2.24. The van der Waals surface area contributed by atoms with Crippen LogP contribution in [0.4, 0.5) is 5.69 Å². The predicted octanol–water partition coefficient (Wildman–Crippen LogP) is 2.67. The monoisotopic (exact) mass is 370 g/mol. The van der Waals surface area contributed by atoms with Crippen LogP contribution in [-0.2, 0) is 17.6 Å². The van der Waals surface area contributed by atoms with Crippen LogP contribution in [0.1, 0.15) is 27.0 Å². The number of benzene rings is 1. The molecule has 0 fully saturated rings. The van der Waals surface area contributed by atoms with E-state index >= 15 is 0 Å². The first-order valence-electron chi connectivity index (χ1n) is 8.18. The summed E-state index contributed by atoms with van der Waals surface area (Å²) in [5.74, 6) is 0.466. The van der Waals surface area contributed by atoms with Crippen molar-refractivity contribution in [1.29, 1.82) is 0 Å². The molecule has 0 aliphatic heterocycles. The van der Waals surface area contributed by atoms with Gasteiger partial charge in [0.25, 0.3) is 5.91 Å². The Morgan fingerprint density at radius 1 is 1.04 bits per heavy atom. The normalized spacial score (nSPS) is 10.5. The third kappa shape index (κ3) is 5.25. The van der Waals surface area contributed by atoms with Gasteiger partial charge in [0, 0.05) is 31.5 Å². The number of hydrogen-bond acceptors (Lipinski definition) is 6. The van der Waals surface area contributed by atoms with E-state index in [1.165, 1.54) is 11.3 Å². The Morgan fingerprint density at radius 2 is 1.88 bits per heavy atom. The highest BCUT2D eigenvalue weighted by atomic mass is 32.1. The van der Waals surface area contributed by atoms with Gasteiger partial charge in [-0.25, -0.2) is 0 Å². The van der Waals surface area contributed by atoms with Crippen molar-refractivity contribution in [3.05, 3.63) is 64.5 Å². The summed E-state index contributed by atoms with van der Waals surface area (Å²) in [4.78, 5) is 24.0. The van der Waals surface area contributed by atoms with E-state index in [-0.39, 0.29) is 16.8 Å². The Bertz CT molecular complexity index is 846. The Labute approximate surface area is 154 Å². The molecule has 0 saturated carbocycles. The zero-order valence-electron chi connectivity index (χ0n) is 14.0. The second kappa shape index (κ2) is 8.91. The quantitative estimate of drug-likeness (QED) is 0.635. The molecule has 2 heterocycles. The fourth-order valence-corrected chi connectivity index (χ4v) is 2.98. The zero-order valence-corrected chi connectivity index (χ0v) is 14.8. The predicted molar refractivity (Wildman–Crippen MR) is 98.0 cm³/mol. The van der Waals surface area contributed by atoms with Crippen LogP contribution in [0.2, 0.25) is 0 Å². The average Bonchev–Trinajstić information content (AvgIpc) is 3.33. The van der Waals surface area contributed by atoms with Crippen molar-refractivity contribution in [2.45, 2.75) is 19.3 Å². The summed E-state index contributed by atoms with van der Waals surface area (Å²) in [6.07, 6.45) is 3.01. The summed E-state index contributed by atoms with van der Waals surface area (Å²) >= 11 is 1.19. The number of nitrogens with zero attached hydrogens (tertiary/aromatic N) is 2. The molecular formula is C18H18N4O3S. The van der Waals surface area contributed by atoms with Gasteiger partial charge in [-0.15, -0.1) is 10.2 Å². The minimum Gasteiger partial charge on any atom is -0.469 e. The van der Waals surface area contributed by atoms with Crippen molar-refractivity contribution in [3.8, 4) is 0 Å². The van der Waals surface area contributed by atoms with Crippen molar-refractivity contribution in [3.63, 3.8) is 0 Å². The van der Waals surface area contributed by atoms with Gasteiger partial charge in [0.1, 0.15) is 10.8 Å². The van der Waals surface area contributed by atoms with Crippen molar-refractivity contribution < 1.29 is 14.0 Å². The smallest absolute Gasteiger partial charge is 0.286 e. The lowest BCUT2D eigenvalue weighted by atomic mass is 10.3. The van der Waals surface area contributed by atoms with Crippen LogP contribution in [0, 0.1) is 0 Å². The van der Waals surface area contributed by atoms with Crippen molar-refractivity contribution in [2.75, 3.05) is 11.9 Å². The highest BCUT2D eigenvalue weighted by molar-refractivity contribution is 7.13. The van der Waals surface area contributed by atoms with E-state index in [1.54, 1.807) is 18.4 Å². The molecule has 0 unspecified atom stereocenters. The summed E-state index contributed by atoms with van der Waals surface area (Å²) in [7, 11) is 0. The van der Waals surface area contributed by atoms with Gasteiger partial charge in [-0.05, 0) is 24.3 Å². The molecule has 2 aromatic heterocycles. The largest absolute Gasteiger partial charge is 0.469 e. The molecule has 3 aromatic rings. The average molecular weight is 370 g/mol. The fraction of sp³-hybridized carbons (Fsp3) is 0.222. The number of aromatic nitrogens is 2. The SMILES string of the molecule is O=C(CCc1nnc(C(=O)Nc2ccccc2)s1)NCCc1ccco1. The van der Waals surface area contributed by atoms with Crippen LogP contribution in [0.15, 0.2) is 53.1 Å². The maximum Gasteiger partial charge on any atom is 0.286 e. The summed E-state index contributed by atoms with van der Waals surface area (Å²) < 4.78 is 5.21. The van der Waals surface area contributed by atoms with Gasteiger partial charge in [0.15, 0.2) is 0 Å². The lowest BCUT2D eigenvalue weighted by Crippen LogP contribution is -2.25. The van der Waals surface area contributed by atoms with Gasteiger partial charge in [0.05, 0.1) is 6.26 Å². The van der Waals surface area contributed by atoms with Crippen molar-refractivity contribution in [1.82, 2.24) is 15.5 Å². The first-order chi connectivity index (χ1) is 12.7. The Hall–Kier alpha value is -3.00. The number of carbonyl (C=O) groups is 2. The molecule has 0 saturated heterocycles. The van der Waals surface area contributed by atoms with Gasteiger partial charge < -0.3 is 15.1 Å². The molecule has 8 heteroatoms. The Morgan fingerprint density at radius 3 is 2.65 bits per heavy atom. The molecule has 1 aromatic carbocycles. The summed E-state index contributed by atoms with van der Waals surface area (Å²) in [6.45, 7) is 0.521. The molecule has 0 radical (unpaired) electrons. The molecule has 7 nitrogen and oxygen atoms in total. The van der Waals surface area contributed by atoms with Crippen LogP contribution in [0.25, 0.3) is 0 Å². The van der Waals surface area contributed by atoms with Gasteiger partial charge in [-0.3, -0.25) is 9.59 Å². The molecule has 134 valence electrons. The molecule has 0 bridgehead atoms. The minimum atomic E-state index is -0.303. The number of nitrogens with one attached hydrogen (secondary N) is 2. The van der Waals surface area contributed by atoms with Crippen LogP contribution in [-0.4, -0.2) is 28.6 Å². The third-order valence-electron chi connectivity index (χ3n) is 3.53. The number of amides is 2. The van der Waals surface area contributed by atoms with Gasteiger partial charge in [0.2, 0.25) is 10.9 Å². The standard InChI is InChI=1S/C18H18N4O3S/c23-15(19-11-10-14-7-4-12-25-14)8-9-16-21-22-18(26-16)17(24)20-13-5-2-1-3-6-13/h1-7,12H,8-11H2,(H,19,23)(H,20,24). The first-order valence-corrected chi connectivity index (χ1v) is 9.00. The molecule has 0 aliphatic carbocycles. The van der Waals surface area contributed by atoms with E-state index in [2.05, 4.69) is 20.8 Å². The number of hydrogen-bond donors (Lipinski definition) is 2. The maximum atomic E-state index is 12.1. The molecular weight excluding hydrogens is 352 g/mol. The number of aryl methyl sites for hydroxylation is 1. The highest BCUT2D eigenvalue weighted by Crippen LogP contribution is 2.14. The Balaban J connectivity index is 1.41. The van der Waals surface area contributed by atoms with E-state index in [4.69, 9.17) is 4.42 Å². The number of furan rings is 1. The van der Waals surface area contributed by atoms with Crippen molar-refractivity contribution in [2.24, 2.45) is 0 Å². The van der Waals surface area contributed by atoms with Gasteiger partial charge >= 0.3 is 0 Å². The van der Waals surface area contributed by atoms with Gasteiger partial charge in [-0.2, -0.15) is 0 Å². The lowest BCUT2D eigenvalue weighted by Gasteiger charge is -2.02. The van der Waals surface area contributed by atoms with E-state index in [0.717, 1.165) is 5.76 Å². The second-order valence-electron chi connectivity index (χ2n) is 5.50. The van der Waals surface area contributed by atoms with E-state index in [1.807, 2.05) is 30.3 Å². The maximum absolute atomic E-state index is 12.1. The molecule has 2 N–H and O–H groups in total. The summed E-state index contributed by atoms with van der Waals surface area (Å²) in [6, 6.07) is 12.8. The molecule has 0 aliphatic rings.